The fourth-order valence-corrected chi connectivity index (χ4v) is 6.62. The van der Waals surface area contributed by atoms with Gasteiger partial charge in [0.15, 0.2) is 18.1 Å². The molecule has 0 aromatic rings. The number of aliphatic carboxylic acids is 3. The van der Waals surface area contributed by atoms with Crippen molar-refractivity contribution in [2.75, 3.05) is 6.54 Å². The molecule has 3 N–H and O–H groups in total. The average Bonchev–Trinajstić information content (AvgIpc) is 2.92. The first kappa shape index (κ1) is 39.1. The highest BCUT2D eigenvalue weighted by Crippen LogP contribution is 2.32. The van der Waals surface area contributed by atoms with Crippen LogP contribution in [0.15, 0.2) is 12.2 Å². The van der Waals surface area contributed by atoms with Crippen LogP contribution >= 0.6 is 0 Å². The van der Waals surface area contributed by atoms with Gasteiger partial charge in [0, 0.05) is 19.3 Å². The molecule has 0 aromatic carbocycles. The minimum absolute atomic E-state index is 0.190. The molecule has 0 aliphatic carbocycles. The Morgan fingerprint density at radius 1 is 0.488 bits per heavy atom. The van der Waals surface area contributed by atoms with Crippen molar-refractivity contribution in [2.45, 2.75) is 181 Å². The number of carboxylic acids is 3. The van der Waals surface area contributed by atoms with Crippen molar-refractivity contribution >= 4 is 17.9 Å². The Bertz CT molecular complexity index is 667. The van der Waals surface area contributed by atoms with Crippen LogP contribution in [-0.2, 0) is 14.4 Å². The second-order valence-corrected chi connectivity index (χ2v) is 11.9. The number of allylic oxidation sites excluding steroid dienone is 2. The van der Waals surface area contributed by atoms with E-state index in [9.17, 15) is 29.7 Å². The highest BCUT2D eigenvalue weighted by molar-refractivity contribution is 5.78. The Labute approximate surface area is 251 Å². The lowest BCUT2D eigenvalue weighted by molar-refractivity contribution is -0.973. The summed E-state index contributed by atoms with van der Waals surface area (Å²) in [6.45, 7) is 7.64. The van der Waals surface area contributed by atoms with E-state index in [0.29, 0.717) is 6.42 Å². The van der Waals surface area contributed by atoms with Crippen molar-refractivity contribution in [3.63, 3.8) is 0 Å². The van der Waals surface area contributed by atoms with Gasteiger partial charge in [-0.2, -0.15) is 0 Å². The number of carbonyl (C=O) groups is 3. The summed E-state index contributed by atoms with van der Waals surface area (Å²) in [7, 11) is 0. The van der Waals surface area contributed by atoms with Gasteiger partial charge in [0.05, 0.1) is 6.54 Å². The number of hydrogen-bond acceptors (Lipinski definition) is 3. The molecule has 41 heavy (non-hydrogen) atoms. The van der Waals surface area contributed by atoms with E-state index in [2.05, 4.69) is 19.1 Å². The lowest BCUT2D eigenvalue weighted by Crippen LogP contribution is -2.72. The molecule has 0 aromatic heterocycles. The van der Waals surface area contributed by atoms with Crippen molar-refractivity contribution in [3.05, 3.63) is 12.2 Å². The fraction of sp³-hybridized carbons (Fsp3) is 0.853. The van der Waals surface area contributed by atoms with Crippen molar-refractivity contribution < 1.29 is 34.2 Å². The molecule has 0 amide bonds. The van der Waals surface area contributed by atoms with Crippen LogP contribution in [0.3, 0.4) is 0 Å². The summed E-state index contributed by atoms with van der Waals surface area (Å²) < 4.78 is -0.409. The lowest BCUT2D eigenvalue weighted by Gasteiger charge is -2.49. The number of hydrogen-bond donors (Lipinski definition) is 3. The molecule has 0 saturated carbocycles. The molecule has 0 saturated heterocycles. The summed E-state index contributed by atoms with van der Waals surface area (Å²) in [4.78, 5) is 36.8. The van der Waals surface area contributed by atoms with Gasteiger partial charge in [0.1, 0.15) is 0 Å². The largest absolute Gasteiger partial charge is 0.477 e. The van der Waals surface area contributed by atoms with Crippen molar-refractivity contribution in [1.29, 1.82) is 0 Å². The number of rotatable bonds is 29. The number of quaternary nitrogens is 1. The first-order valence-electron chi connectivity index (χ1n) is 16.9. The highest BCUT2D eigenvalue weighted by atomic mass is 16.4. The molecule has 7 heteroatoms. The maximum atomic E-state index is 12.3. The predicted molar refractivity (Wildman–Crippen MR) is 168 cm³/mol. The van der Waals surface area contributed by atoms with Gasteiger partial charge in [-0.15, -0.1) is 0 Å². The Morgan fingerprint density at radius 2 is 0.780 bits per heavy atom. The first-order chi connectivity index (χ1) is 19.7. The molecule has 240 valence electrons. The van der Waals surface area contributed by atoms with E-state index in [1.54, 1.807) is 20.8 Å². The van der Waals surface area contributed by atoms with E-state index in [1.807, 2.05) is 0 Å². The second kappa shape index (κ2) is 24.7. The third-order valence-electron chi connectivity index (χ3n) is 8.81. The molecule has 0 spiro atoms. The van der Waals surface area contributed by atoms with Gasteiger partial charge < -0.3 is 15.3 Å². The van der Waals surface area contributed by atoms with E-state index in [4.69, 9.17) is 0 Å². The molecule has 7 nitrogen and oxygen atoms in total. The Morgan fingerprint density at radius 3 is 1.07 bits per heavy atom. The van der Waals surface area contributed by atoms with E-state index in [1.165, 1.54) is 70.6 Å². The monoisotopic (exact) mass is 582 g/mol. The molecule has 0 aliphatic heterocycles. The standard InChI is InChI=1S/C34H63NO6/c1-5-9-10-11-12-13-14-15-16-17-18-19-20-21-22-23-24-25-26-27-28-35(29(6-2)32(36)37,30(7-3)33(38)39)31(8-4)34(40)41/h19-20,29-31H,5-18,21-28H2,1-4H3,(H2-,36,37,38,39,40,41)/p+1/b20-19+. The van der Waals surface area contributed by atoms with Gasteiger partial charge in [-0.25, -0.2) is 14.4 Å². The average molecular weight is 583 g/mol. The minimum Gasteiger partial charge on any atom is -0.477 e. The zero-order valence-corrected chi connectivity index (χ0v) is 27.0. The topological polar surface area (TPSA) is 112 Å². The SMILES string of the molecule is CCCCCCCCCCCC/C=C/CCCCCCCC[N+](C(CC)C(=O)O)(C(CC)C(=O)O)C(CC)C(=O)O. The van der Waals surface area contributed by atoms with Crippen molar-refractivity contribution in [1.82, 2.24) is 0 Å². The van der Waals surface area contributed by atoms with Crippen LogP contribution in [-0.4, -0.2) is 62.4 Å². The van der Waals surface area contributed by atoms with Gasteiger partial charge in [0.25, 0.3) is 0 Å². The summed E-state index contributed by atoms with van der Waals surface area (Å²) in [6, 6.07) is -3.20. The number of unbranched alkanes of at least 4 members (excludes halogenated alkanes) is 16. The number of carboxylic acid groups (broad SMARTS) is 3. The van der Waals surface area contributed by atoms with Crippen molar-refractivity contribution in [2.24, 2.45) is 0 Å². The van der Waals surface area contributed by atoms with Crippen molar-refractivity contribution in [3.8, 4) is 0 Å². The smallest absolute Gasteiger partial charge is 0.362 e. The molecular weight excluding hydrogens is 518 g/mol. The summed E-state index contributed by atoms with van der Waals surface area (Å²) in [5, 5.41) is 30.1. The van der Waals surface area contributed by atoms with E-state index < -0.39 is 40.5 Å². The molecule has 0 rings (SSSR count). The Kier molecular flexibility index (Phi) is 23.5. The zero-order valence-electron chi connectivity index (χ0n) is 27.0. The Balaban J connectivity index is 4.47. The molecular formula is C34H64NO6+. The quantitative estimate of drug-likeness (QED) is 0.0461. The summed E-state index contributed by atoms with van der Waals surface area (Å²) in [6.07, 6.45) is 27.0. The predicted octanol–water partition coefficient (Wildman–Crippen LogP) is 8.99. The molecule has 0 bridgehead atoms. The zero-order chi connectivity index (χ0) is 30.9. The van der Waals surface area contributed by atoms with Gasteiger partial charge in [-0.1, -0.05) is 117 Å². The van der Waals surface area contributed by atoms with Gasteiger partial charge >= 0.3 is 17.9 Å². The molecule has 0 heterocycles. The minimum atomic E-state index is -1.12. The van der Waals surface area contributed by atoms with Crippen LogP contribution in [0.5, 0.6) is 0 Å². The van der Waals surface area contributed by atoms with Gasteiger partial charge in [0.2, 0.25) is 0 Å². The summed E-state index contributed by atoms with van der Waals surface area (Å²) >= 11 is 0. The number of nitrogens with zero attached hydrogens (tertiary/aromatic N) is 1. The van der Waals surface area contributed by atoms with Gasteiger partial charge in [-0.05, 0) is 38.5 Å². The first-order valence-corrected chi connectivity index (χ1v) is 16.9. The van der Waals surface area contributed by atoms with Crippen LogP contribution in [0.4, 0.5) is 0 Å². The van der Waals surface area contributed by atoms with E-state index >= 15 is 0 Å². The second-order valence-electron chi connectivity index (χ2n) is 11.9. The molecule has 0 aliphatic rings. The highest BCUT2D eigenvalue weighted by Gasteiger charge is 2.55. The summed E-state index contributed by atoms with van der Waals surface area (Å²) in [5.74, 6) is -3.35. The molecule has 3 atom stereocenters. The van der Waals surface area contributed by atoms with Crippen LogP contribution in [0.2, 0.25) is 0 Å². The van der Waals surface area contributed by atoms with Crippen LogP contribution < -0.4 is 0 Å². The Hall–Kier alpha value is -1.89. The summed E-state index contributed by atoms with van der Waals surface area (Å²) in [5.41, 5.74) is 0. The van der Waals surface area contributed by atoms with E-state index in [0.717, 1.165) is 38.5 Å². The third kappa shape index (κ3) is 15.2. The molecule has 0 fully saturated rings. The van der Waals surface area contributed by atoms with Crippen LogP contribution in [0.25, 0.3) is 0 Å². The van der Waals surface area contributed by atoms with Crippen LogP contribution in [0, 0.1) is 0 Å². The van der Waals surface area contributed by atoms with Gasteiger partial charge in [-0.3, -0.25) is 4.48 Å². The lowest BCUT2D eigenvalue weighted by atomic mass is 9.93. The van der Waals surface area contributed by atoms with Crippen LogP contribution in [0.1, 0.15) is 163 Å². The maximum Gasteiger partial charge on any atom is 0.362 e. The fourth-order valence-electron chi connectivity index (χ4n) is 6.62. The maximum absolute atomic E-state index is 12.3. The molecule has 0 radical (unpaired) electrons. The third-order valence-corrected chi connectivity index (χ3v) is 8.81. The normalized spacial score (nSPS) is 15.4. The van der Waals surface area contributed by atoms with E-state index in [-0.39, 0.29) is 25.8 Å². The molecule has 3 unspecified atom stereocenters.